The molecule has 0 spiro atoms. The van der Waals surface area contributed by atoms with Crippen molar-refractivity contribution in [2.45, 2.75) is 50.1 Å². The number of nitrogens with one attached hydrogen (secondary N) is 1. The average molecular weight is 539 g/mol. The summed E-state index contributed by atoms with van der Waals surface area (Å²) in [7, 11) is -4.04. The molecule has 0 bridgehead atoms. The lowest BCUT2D eigenvalue weighted by molar-refractivity contribution is 0.0240. The fraction of sp³-hybridized carbons (Fsp3) is 0.385. The van der Waals surface area contributed by atoms with E-state index in [-0.39, 0.29) is 21.7 Å². The molecule has 11 nitrogen and oxygen atoms in total. The van der Waals surface area contributed by atoms with E-state index in [4.69, 9.17) is 4.74 Å². The molecule has 2 aromatic heterocycles. The van der Waals surface area contributed by atoms with Gasteiger partial charge in [0.15, 0.2) is 5.65 Å². The van der Waals surface area contributed by atoms with E-state index in [1.165, 1.54) is 4.52 Å². The van der Waals surface area contributed by atoms with Crippen molar-refractivity contribution in [1.82, 2.24) is 24.7 Å². The number of benzene rings is 2. The number of hydrogen-bond donors (Lipinski definition) is 1. The molecule has 38 heavy (non-hydrogen) atoms. The van der Waals surface area contributed by atoms with Crippen LogP contribution in [0.1, 0.15) is 31.9 Å². The number of aromatic nitrogens is 4. The normalized spacial score (nSPS) is 14.9. The van der Waals surface area contributed by atoms with E-state index in [1.807, 2.05) is 33.8 Å². The van der Waals surface area contributed by atoms with Gasteiger partial charge in [-0.15, -0.1) is 5.10 Å². The van der Waals surface area contributed by atoms with Crippen molar-refractivity contribution < 1.29 is 17.9 Å². The van der Waals surface area contributed by atoms with Crippen LogP contribution in [0.4, 0.5) is 10.5 Å². The number of sulfone groups is 1. The molecule has 1 N–H and O–H groups in total. The summed E-state index contributed by atoms with van der Waals surface area (Å²) in [4.78, 5) is 31.9. The highest BCUT2D eigenvalue weighted by atomic mass is 32.2. The van der Waals surface area contributed by atoms with Crippen molar-refractivity contribution in [3.63, 3.8) is 0 Å². The molecular weight excluding hydrogens is 508 g/mol. The standard InChI is InChI=1S/C26H30N6O5S/c1-16-6-9-21(17(2)14-16)38(35,36)24-22-27-23(33)19-8-7-18(15-20(19)32(22)29-28-24)30-10-12-31(13-11-30)25(34)37-26(3,4)5/h6-9,14-15H,10-13H2,1-5H3,(H,27,33). The van der Waals surface area contributed by atoms with Gasteiger partial charge in [-0.05, 0) is 64.4 Å². The second-order valence-corrected chi connectivity index (χ2v) is 12.4. The lowest BCUT2D eigenvalue weighted by Gasteiger charge is -2.36. The second-order valence-electron chi connectivity index (χ2n) is 10.5. The minimum absolute atomic E-state index is 0.00868. The predicted octanol–water partition coefficient (Wildman–Crippen LogP) is 3.08. The van der Waals surface area contributed by atoms with Crippen molar-refractivity contribution in [2.24, 2.45) is 0 Å². The fourth-order valence-electron chi connectivity index (χ4n) is 4.66. The molecule has 0 atom stereocenters. The van der Waals surface area contributed by atoms with Crippen molar-refractivity contribution in [1.29, 1.82) is 0 Å². The Labute approximate surface area is 219 Å². The van der Waals surface area contributed by atoms with E-state index in [1.54, 1.807) is 42.2 Å². The van der Waals surface area contributed by atoms with Crippen LogP contribution in [0, 0.1) is 13.8 Å². The molecule has 1 aliphatic heterocycles. The lowest BCUT2D eigenvalue weighted by Crippen LogP contribution is -2.50. The van der Waals surface area contributed by atoms with Crippen molar-refractivity contribution in [3.05, 3.63) is 57.9 Å². The highest BCUT2D eigenvalue weighted by Crippen LogP contribution is 2.28. The number of nitrogens with zero attached hydrogens (tertiary/aromatic N) is 5. The quantitative estimate of drug-likeness (QED) is 0.421. The summed E-state index contributed by atoms with van der Waals surface area (Å²) in [5.74, 6) is 0. The van der Waals surface area contributed by atoms with E-state index in [2.05, 4.69) is 20.2 Å². The van der Waals surface area contributed by atoms with Gasteiger partial charge in [-0.2, -0.15) is 4.52 Å². The molecule has 0 unspecified atom stereocenters. The smallest absolute Gasteiger partial charge is 0.410 e. The summed E-state index contributed by atoms with van der Waals surface area (Å²) in [5.41, 5.74) is 1.79. The number of ether oxygens (including phenoxy) is 1. The number of aryl methyl sites for hydroxylation is 2. The number of rotatable bonds is 3. The average Bonchev–Trinajstić information content (AvgIpc) is 3.27. The number of carbonyl (C=O) groups is 1. The molecule has 0 radical (unpaired) electrons. The zero-order chi connectivity index (χ0) is 27.4. The van der Waals surface area contributed by atoms with Crippen LogP contribution in [0.3, 0.4) is 0 Å². The second kappa shape index (κ2) is 9.12. The van der Waals surface area contributed by atoms with Crippen molar-refractivity contribution >= 4 is 38.2 Å². The largest absolute Gasteiger partial charge is 0.444 e. The number of amides is 1. The van der Waals surface area contributed by atoms with Gasteiger partial charge in [0.05, 0.1) is 15.8 Å². The summed E-state index contributed by atoms with van der Waals surface area (Å²) in [5, 5.41) is 8.14. The van der Waals surface area contributed by atoms with E-state index in [0.717, 1.165) is 11.3 Å². The molecule has 0 aliphatic carbocycles. The molecule has 4 aromatic rings. The van der Waals surface area contributed by atoms with Gasteiger partial charge in [-0.1, -0.05) is 22.9 Å². The first-order valence-electron chi connectivity index (χ1n) is 12.3. The minimum atomic E-state index is -4.04. The Morgan fingerprint density at radius 2 is 1.74 bits per heavy atom. The van der Waals surface area contributed by atoms with Gasteiger partial charge in [0.1, 0.15) is 5.60 Å². The van der Waals surface area contributed by atoms with Gasteiger partial charge in [-0.3, -0.25) is 4.79 Å². The van der Waals surface area contributed by atoms with Crippen LogP contribution in [0.25, 0.3) is 16.6 Å². The first-order chi connectivity index (χ1) is 17.8. The van der Waals surface area contributed by atoms with Crippen LogP contribution in [0.5, 0.6) is 0 Å². The third-order valence-electron chi connectivity index (χ3n) is 6.50. The van der Waals surface area contributed by atoms with Crippen LogP contribution in [0.15, 0.2) is 51.1 Å². The van der Waals surface area contributed by atoms with Crippen molar-refractivity contribution in [2.75, 3.05) is 31.1 Å². The van der Waals surface area contributed by atoms with Gasteiger partial charge in [0.25, 0.3) is 5.56 Å². The molecule has 1 aliphatic rings. The molecule has 12 heteroatoms. The predicted molar refractivity (Wildman–Crippen MR) is 143 cm³/mol. The summed E-state index contributed by atoms with van der Waals surface area (Å²) < 4.78 is 33.8. The van der Waals surface area contributed by atoms with E-state index in [9.17, 15) is 18.0 Å². The number of fused-ring (bicyclic) bond motifs is 3. The Balaban J connectivity index is 1.50. The Morgan fingerprint density at radius 3 is 2.39 bits per heavy atom. The lowest BCUT2D eigenvalue weighted by atomic mass is 10.2. The zero-order valence-electron chi connectivity index (χ0n) is 22.0. The molecule has 5 rings (SSSR count). The number of H-pyrrole nitrogens is 1. The Kier molecular flexibility index (Phi) is 6.17. The van der Waals surface area contributed by atoms with E-state index >= 15 is 0 Å². The molecule has 1 saturated heterocycles. The molecule has 1 fully saturated rings. The van der Waals surface area contributed by atoms with Crippen LogP contribution in [-0.2, 0) is 14.6 Å². The Hall–Kier alpha value is -3.93. The van der Waals surface area contributed by atoms with Gasteiger partial charge >= 0.3 is 6.09 Å². The van der Waals surface area contributed by atoms with E-state index in [0.29, 0.717) is 42.6 Å². The summed E-state index contributed by atoms with van der Waals surface area (Å²) >= 11 is 0. The van der Waals surface area contributed by atoms with Gasteiger partial charge < -0.3 is 19.5 Å². The number of hydrogen-bond acceptors (Lipinski definition) is 8. The maximum atomic E-state index is 13.5. The molecule has 1 amide bonds. The minimum Gasteiger partial charge on any atom is -0.444 e. The van der Waals surface area contributed by atoms with E-state index < -0.39 is 21.0 Å². The van der Waals surface area contributed by atoms with Gasteiger partial charge in [0, 0.05) is 31.9 Å². The fourth-order valence-corrected chi connectivity index (χ4v) is 6.14. The van der Waals surface area contributed by atoms with Crippen LogP contribution in [0.2, 0.25) is 0 Å². The van der Waals surface area contributed by atoms with Gasteiger partial charge in [-0.25, -0.2) is 13.2 Å². The summed E-state index contributed by atoms with van der Waals surface area (Å²) in [6, 6.07) is 10.4. The van der Waals surface area contributed by atoms with Crippen LogP contribution < -0.4 is 10.5 Å². The highest BCUT2D eigenvalue weighted by Gasteiger charge is 2.29. The highest BCUT2D eigenvalue weighted by molar-refractivity contribution is 7.91. The maximum absolute atomic E-state index is 13.5. The number of aromatic amines is 1. The van der Waals surface area contributed by atoms with Crippen molar-refractivity contribution in [3.8, 4) is 0 Å². The molecule has 2 aromatic carbocycles. The topological polar surface area (TPSA) is 130 Å². The molecular formula is C26H30N6O5S. The molecule has 200 valence electrons. The summed E-state index contributed by atoms with van der Waals surface area (Å²) in [6.07, 6.45) is -0.343. The zero-order valence-corrected chi connectivity index (χ0v) is 22.8. The van der Waals surface area contributed by atoms with Crippen LogP contribution >= 0.6 is 0 Å². The Bertz CT molecular complexity index is 1730. The number of piperazine rings is 1. The summed E-state index contributed by atoms with van der Waals surface area (Å²) in [6.45, 7) is 11.2. The molecule has 0 saturated carbocycles. The monoisotopic (exact) mass is 538 g/mol. The third-order valence-corrected chi connectivity index (χ3v) is 8.32. The number of carbonyl (C=O) groups excluding carboxylic acids is 1. The first kappa shape index (κ1) is 25.7. The molecule has 3 heterocycles. The Morgan fingerprint density at radius 1 is 1.03 bits per heavy atom. The third kappa shape index (κ3) is 4.60. The maximum Gasteiger partial charge on any atom is 0.410 e. The number of anilines is 1. The first-order valence-corrected chi connectivity index (χ1v) is 13.8. The van der Waals surface area contributed by atoms with Crippen LogP contribution in [-0.4, -0.2) is 71.0 Å². The van der Waals surface area contributed by atoms with Gasteiger partial charge in [0.2, 0.25) is 14.9 Å². The SMILES string of the molecule is Cc1ccc(S(=O)(=O)c2nnn3c2[nH]c(=O)c2ccc(N4CCN(C(=O)OC(C)(C)C)CC4)cc23)c(C)c1.